The average Bonchev–Trinajstić information content (AvgIpc) is 3.29. The minimum atomic E-state index is 0.0954. The molecule has 0 spiro atoms. The summed E-state index contributed by atoms with van der Waals surface area (Å²) in [4.78, 5) is 21.6. The molecule has 0 bridgehead atoms. The van der Waals surface area contributed by atoms with Crippen LogP contribution in [0.1, 0.15) is 17.5 Å². The largest absolute Gasteiger partial charge is 0.355 e. The molecule has 1 aliphatic heterocycles. The highest BCUT2D eigenvalue weighted by molar-refractivity contribution is 5.75. The zero-order chi connectivity index (χ0) is 22.2. The Hall–Kier alpha value is -2.96. The van der Waals surface area contributed by atoms with Gasteiger partial charge in [-0.3, -0.25) is 14.6 Å². The normalized spacial score (nSPS) is 15.0. The third-order valence-corrected chi connectivity index (χ3v) is 6.00. The second-order valence-corrected chi connectivity index (χ2v) is 8.57. The van der Waals surface area contributed by atoms with Crippen LogP contribution >= 0.6 is 0 Å². The highest BCUT2D eigenvalue weighted by Crippen LogP contribution is 2.16. The van der Waals surface area contributed by atoms with Crippen LogP contribution in [0, 0.1) is 6.92 Å². The first-order chi connectivity index (χ1) is 15.7. The Morgan fingerprint density at radius 3 is 2.53 bits per heavy atom. The van der Waals surface area contributed by atoms with Crippen molar-refractivity contribution in [2.75, 3.05) is 39.3 Å². The van der Waals surface area contributed by atoms with Crippen molar-refractivity contribution >= 4 is 5.91 Å². The fourth-order valence-electron chi connectivity index (χ4n) is 4.15. The number of hydrogen-bond acceptors (Lipinski definition) is 4. The molecular weight excluding hydrogens is 398 g/mol. The topological polar surface area (TPSA) is 53.4 Å². The molecule has 1 N–H and O–H groups in total. The van der Waals surface area contributed by atoms with Crippen molar-refractivity contribution in [2.24, 2.45) is 0 Å². The molecule has 1 aliphatic rings. The van der Waals surface area contributed by atoms with Crippen molar-refractivity contribution in [3.63, 3.8) is 0 Å². The highest BCUT2D eigenvalue weighted by Gasteiger charge is 2.17. The molecule has 1 amide bonds. The van der Waals surface area contributed by atoms with Gasteiger partial charge >= 0.3 is 0 Å². The molecule has 2 aromatic carbocycles. The van der Waals surface area contributed by atoms with Crippen LogP contribution in [-0.2, 0) is 17.9 Å². The number of aryl methyl sites for hydroxylation is 2. The van der Waals surface area contributed by atoms with Crippen molar-refractivity contribution in [1.82, 2.24) is 24.7 Å². The molecule has 1 fully saturated rings. The first-order valence-electron chi connectivity index (χ1n) is 11.5. The van der Waals surface area contributed by atoms with Gasteiger partial charge in [0.05, 0.1) is 12.0 Å². The Morgan fingerprint density at radius 2 is 1.75 bits per heavy atom. The van der Waals surface area contributed by atoms with Gasteiger partial charge in [0.15, 0.2) is 0 Å². The van der Waals surface area contributed by atoms with E-state index in [1.165, 1.54) is 11.1 Å². The fourth-order valence-corrected chi connectivity index (χ4v) is 4.15. The molecule has 1 aromatic heterocycles. The quantitative estimate of drug-likeness (QED) is 0.565. The average molecular weight is 432 g/mol. The summed E-state index contributed by atoms with van der Waals surface area (Å²) in [6, 6.07) is 18.9. The Morgan fingerprint density at radius 1 is 0.969 bits per heavy atom. The van der Waals surface area contributed by atoms with E-state index in [1.807, 2.05) is 41.1 Å². The minimum absolute atomic E-state index is 0.0954. The summed E-state index contributed by atoms with van der Waals surface area (Å²) in [6.45, 7) is 9.68. The van der Waals surface area contributed by atoms with Crippen LogP contribution in [-0.4, -0.2) is 64.5 Å². The number of piperazine rings is 1. The van der Waals surface area contributed by atoms with Gasteiger partial charge in [-0.1, -0.05) is 60.2 Å². The smallest absolute Gasteiger partial charge is 0.221 e. The number of carbonyl (C=O) groups is 1. The molecule has 0 unspecified atom stereocenters. The summed E-state index contributed by atoms with van der Waals surface area (Å²) in [5, 5.41) is 3.07. The molecule has 0 saturated carbocycles. The summed E-state index contributed by atoms with van der Waals surface area (Å²) >= 11 is 0. The zero-order valence-electron chi connectivity index (χ0n) is 18.9. The third kappa shape index (κ3) is 6.52. The van der Waals surface area contributed by atoms with Gasteiger partial charge in [0.25, 0.3) is 0 Å². The molecule has 0 atom stereocenters. The summed E-state index contributed by atoms with van der Waals surface area (Å²) in [5.74, 6) is 0.0954. The van der Waals surface area contributed by atoms with E-state index in [4.69, 9.17) is 0 Å². The molecule has 6 nitrogen and oxygen atoms in total. The Bertz CT molecular complexity index is 992. The second-order valence-electron chi connectivity index (χ2n) is 8.57. The van der Waals surface area contributed by atoms with E-state index < -0.39 is 0 Å². The van der Waals surface area contributed by atoms with Crippen LogP contribution in [0.3, 0.4) is 0 Å². The van der Waals surface area contributed by atoms with E-state index in [2.05, 4.69) is 51.3 Å². The molecule has 0 aliphatic carbocycles. The first-order valence-corrected chi connectivity index (χ1v) is 11.5. The van der Waals surface area contributed by atoms with Gasteiger partial charge < -0.3 is 9.88 Å². The molecule has 2 heterocycles. The lowest BCUT2D eigenvalue weighted by atomic mass is 10.1. The van der Waals surface area contributed by atoms with Gasteiger partial charge in [-0.25, -0.2) is 4.98 Å². The van der Waals surface area contributed by atoms with E-state index in [9.17, 15) is 4.79 Å². The molecule has 6 heteroatoms. The van der Waals surface area contributed by atoms with E-state index in [1.54, 1.807) is 6.33 Å². The molecule has 168 valence electrons. The van der Waals surface area contributed by atoms with Crippen molar-refractivity contribution in [3.8, 4) is 11.3 Å². The third-order valence-electron chi connectivity index (χ3n) is 6.00. The summed E-state index contributed by atoms with van der Waals surface area (Å²) in [7, 11) is 0. The molecule has 1 saturated heterocycles. The van der Waals surface area contributed by atoms with Crippen LogP contribution < -0.4 is 5.32 Å². The molecule has 0 radical (unpaired) electrons. The Kier molecular flexibility index (Phi) is 7.69. The maximum atomic E-state index is 12.2. The van der Waals surface area contributed by atoms with Gasteiger partial charge in [-0.05, 0) is 12.5 Å². The van der Waals surface area contributed by atoms with E-state index in [0.29, 0.717) is 19.5 Å². The number of imidazole rings is 1. The van der Waals surface area contributed by atoms with Crippen molar-refractivity contribution in [2.45, 2.75) is 26.4 Å². The lowest BCUT2D eigenvalue weighted by molar-refractivity contribution is -0.121. The van der Waals surface area contributed by atoms with Crippen LogP contribution in [0.25, 0.3) is 11.3 Å². The Balaban J connectivity index is 1.11. The van der Waals surface area contributed by atoms with Gasteiger partial charge in [-0.15, -0.1) is 0 Å². The highest BCUT2D eigenvalue weighted by atomic mass is 16.1. The fraction of sp³-hybridized carbons (Fsp3) is 0.385. The molecule has 32 heavy (non-hydrogen) atoms. The van der Waals surface area contributed by atoms with Gasteiger partial charge in [0, 0.05) is 70.5 Å². The number of amides is 1. The number of nitrogens with one attached hydrogen (secondary N) is 1. The van der Waals surface area contributed by atoms with Crippen molar-refractivity contribution < 1.29 is 4.79 Å². The molecular formula is C26H33N5O. The van der Waals surface area contributed by atoms with Crippen LogP contribution in [0.15, 0.2) is 67.1 Å². The van der Waals surface area contributed by atoms with E-state index >= 15 is 0 Å². The monoisotopic (exact) mass is 431 g/mol. The van der Waals surface area contributed by atoms with Gasteiger partial charge in [-0.2, -0.15) is 0 Å². The van der Waals surface area contributed by atoms with Gasteiger partial charge in [0.2, 0.25) is 5.91 Å². The van der Waals surface area contributed by atoms with Crippen molar-refractivity contribution in [1.29, 1.82) is 0 Å². The van der Waals surface area contributed by atoms with Crippen molar-refractivity contribution in [3.05, 3.63) is 78.2 Å². The van der Waals surface area contributed by atoms with E-state index in [-0.39, 0.29) is 5.91 Å². The minimum Gasteiger partial charge on any atom is -0.355 e. The van der Waals surface area contributed by atoms with Crippen LogP contribution in [0.5, 0.6) is 0 Å². The van der Waals surface area contributed by atoms with E-state index in [0.717, 1.165) is 50.5 Å². The maximum absolute atomic E-state index is 12.2. The predicted octanol–water partition coefficient (Wildman–Crippen LogP) is 3.18. The Labute approximate surface area is 190 Å². The SMILES string of the molecule is Cc1cccc(CN2CCN(CCNC(=O)CCn3cnc(-c4ccccc4)c3)CC2)c1. The number of hydrogen-bond donors (Lipinski definition) is 1. The lowest BCUT2D eigenvalue weighted by Gasteiger charge is -2.34. The first kappa shape index (κ1) is 22.2. The number of aromatic nitrogens is 2. The zero-order valence-corrected chi connectivity index (χ0v) is 18.9. The summed E-state index contributed by atoms with van der Waals surface area (Å²) < 4.78 is 1.98. The standard InChI is InChI=1S/C26H33N5O/c1-22-6-5-7-23(18-22)19-30-16-14-29(15-17-30)13-11-27-26(32)10-12-31-20-25(28-21-31)24-8-3-2-4-9-24/h2-9,18,20-21H,10-17,19H2,1H3,(H,27,32). The summed E-state index contributed by atoms with van der Waals surface area (Å²) in [5.41, 5.74) is 4.74. The number of rotatable bonds is 9. The second kappa shape index (κ2) is 11.1. The predicted molar refractivity (Wildman–Crippen MR) is 128 cm³/mol. The van der Waals surface area contributed by atoms with Gasteiger partial charge in [0.1, 0.15) is 0 Å². The number of benzene rings is 2. The number of carbonyl (C=O) groups excluding carboxylic acids is 1. The molecule has 4 rings (SSSR count). The number of nitrogens with zero attached hydrogens (tertiary/aromatic N) is 4. The van der Waals surface area contributed by atoms with Crippen LogP contribution in [0.2, 0.25) is 0 Å². The summed E-state index contributed by atoms with van der Waals surface area (Å²) in [6.07, 6.45) is 4.26. The lowest BCUT2D eigenvalue weighted by Crippen LogP contribution is -2.48. The molecule has 3 aromatic rings. The van der Waals surface area contributed by atoms with Crippen LogP contribution in [0.4, 0.5) is 0 Å². The maximum Gasteiger partial charge on any atom is 0.221 e.